The molecule has 5 heteroatoms. The van der Waals surface area contributed by atoms with E-state index in [1.54, 1.807) is 0 Å². The van der Waals surface area contributed by atoms with Crippen molar-refractivity contribution in [1.29, 1.82) is 0 Å². The molecule has 0 atom stereocenters. The van der Waals surface area contributed by atoms with Gasteiger partial charge >= 0.3 is 0 Å². The van der Waals surface area contributed by atoms with Gasteiger partial charge in [0.15, 0.2) is 0 Å². The second kappa shape index (κ2) is 44.2. The summed E-state index contributed by atoms with van der Waals surface area (Å²) in [6, 6.07) is 12.0. The Morgan fingerprint density at radius 1 is 0.706 bits per heavy atom. The van der Waals surface area contributed by atoms with Crippen LogP contribution in [0, 0.1) is 0 Å². The fourth-order valence-electron chi connectivity index (χ4n) is 0.385. The van der Waals surface area contributed by atoms with E-state index in [9.17, 15) is 0 Å². The van der Waals surface area contributed by atoms with E-state index >= 15 is 0 Å². The minimum absolute atomic E-state index is 0. The molecule has 0 saturated heterocycles. The predicted molar refractivity (Wildman–Crippen MR) is 73.9 cm³/mol. The van der Waals surface area contributed by atoms with E-state index in [1.165, 1.54) is 7.05 Å². The first-order chi connectivity index (χ1) is 7.73. The average molecular weight is 337 g/mol. The smallest absolute Gasteiger partial charge is 0 e. The third-order valence-corrected chi connectivity index (χ3v) is 0.667. The molecule has 1 radical (unpaired) electrons. The zero-order chi connectivity index (χ0) is 13.8. The summed E-state index contributed by atoms with van der Waals surface area (Å²) in [5.41, 5.74) is 4.50. The zero-order valence-electron chi connectivity index (χ0n) is 11.8. The summed E-state index contributed by atoms with van der Waals surface area (Å²) in [6.45, 7) is 8.00. The van der Waals surface area contributed by atoms with Gasteiger partial charge in [-0.15, -0.1) is 0 Å². The second-order valence-electron chi connectivity index (χ2n) is 1.56. The van der Waals surface area contributed by atoms with Gasteiger partial charge in [-0.2, -0.15) is 0 Å². The minimum atomic E-state index is -1.86. The van der Waals surface area contributed by atoms with Gasteiger partial charge in [0, 0.05) is 32.7 Å². The summed E-state index contributed by atoms with van der Waals surface area (Å²) in [7, 11) is -0.361. The number of rotatable bonds is 0. The first-order valence-corrected chi connectivity index (χ1v) is 6.80. The molecule has 0 aliphatic carbocycles. The first-order valence-electron chi connectivity index (χ1n) is 5.32. The molecule has 101 valence electrons. The van der Waals surface area contributed by atoms with Crippen LogP contribution in [0.4, 0.5) is 0 Å². The van der Waals surface area contributed by atoms with Crippen molar-refractivity contribution >= 4 is 10.7 Å². The fraction of sp³-hybridized carbons (Fsp3) is 0.500. The molecule has 0 saturated carbocycles. The van der Waals surface area contributed by atoms with E-state index in [0.29, 0.717) is 0 Å². The summed E-state index contributed by atoms with van der Waals surface area (Å²) in [6.07, 6.45) is 1.08. The van der Waals surface area contributed by atoms with Crippen molar-refractivity contribution in [3.05, 3.63) is 36.4 Å². The largest absolute Gasteiger partial charge is 0.424 e. The van der Waals surface area contributed by atoms with Crippen molar-refractivity contribution in [2.24, 2.45) is 5.73 Å². The Balaban J connectivity index is -0.0000000390. The summed E-state index contributed by atoms with van der Waals surface area (Å²) in [5, 5.41) is 0. The van der Waals surface area contributed by atoms with Gasteiger partial charge in [-0.3, -0.25) is 0 Å². The van der Waals surface area contributed by atoms with Gasteiger partial charge < -0.3 is 14.2 Å². The molecule has 0 aromatic heterocycles. The SMILES string of the molecule is CC.CC.CN.C[S-](=O)=O.[Y].c1ccccc1. The predicted octanol–water partition coefficient (Wildman–Crippen LogP) is 3.24. The van der Waals surface area contributed by atoms with E-state index in [0.717, 1.165) is 6.26 Å². The molecule has 2 N–H and O–H groups in total. The van der Waals surface area contributed by atoms with Crippen LogP contribution in [0.3, 0.4) is 0 Å². The maximum absolute atomic E-state index is 9.00. The van der Waals surface area contributed by atoms with E-state index in [2.05, 4.69) is 5.73 Å². The molecule has 0 spiro atoms. The molecule has 0 bridgehead atoms. The molecule has 3 nitrogen and oxygen atoms in total. The van der Waals surface area contributed by atoms with E-state index < -0.39 is 10.7 Å². The summed E-state index contributed by atoms with van der Waals surface area (Å²) >= 11 is 0. The van der Waals surface area contributed by atoms with Crippen molar-refractivity contribution in [3.8, 4) is 0 Å². The Morgan fingerprint density at radius 3 is 0.824 bits per heavy atom. The van der Waals surface area contributed by atoms with Gasteiger partial charge in [0.25, 0.3) is 0 Å². The molecule has 0 amide bonds. The molecule has 0 aliphatic rings. The Bertz CT molecular complexity index is 194. The normalized spacial score (nSPS) is 5.88. The zero-order valence-corrected chi connectivity index (χ0v) is 15.5. The molecule has 0 fully saturated rings. The van der Waals surface area contributed by atoms with Crippen molar-refractivity contribution < 1.29 is 41.1 Å². The molecule has 1 aromatic rings. The van der Waals surface area contributed by atoms with Crippen LogP contribution >= 0.6 is 0 Å². The van der Waals surface area contributed by atoms with E-state index in [-0.39, 0.29) is 32.7 Å². The van der Waals surface area contributed by atoms with Gasteiger partial charge in [0.05, 0.1) is 0 Å². The molecule has 1 aromatic carbocycles. The maximum atomic E-state index is 9.00. The number of hydrogen-bond donors (Lipinski definition) is 1. The van der Waals surface area contributed by atoms with Gasteiger partial charge in [-0.05, 0) is 7.05 Å². The van der Waals surface area contributed by atoms with Crippen LogP contribution in [0.1, 0.15) is 27.7 Å². The third kappa shape index (κ3) is 84.6. The van der Waals surface area contributed by atoms with Gasteiger partial charge in [-0.1, -0.05) is 81.1 Å². The number of nitrogens with two attached hydrogens (primary N) is 1. The molecule has 1 rings (SSSR count). The molecule has 0 aliphatic heterocycles. The number of benzene rings is 1. The second-order valence-corrected chi connectivity index (χ2v) is 2.36. The minimum Gasteiger partial charge on any atom is -0.424 e. The van der Waals surface area contributed by atoms with Crippen molar-refractivity contribution in [2.75, 3.05) is 13.3 Å². The van der Waals surface area contributed by atoms with E-state index in [4.69, 9.17) is 8.42 Å². The van der Waals surface area contributed by atoms with Gasteiger partial charge in [-0.25, -0.2) is 0 Å². The van der Waals surface area contributed by atoms with Crippen molar-refractivity contribution in [1.82, 2.24) is 0 Å². The summed E-state index contributed by atoms with van der Waals surface area (Å²) in [5.74, 6) is 0. The van der Waals surface area contributed by atoms with Crippen LogP contribution in [0.5, 0.6) is 0 Å². The summed E-state index contributed by atoms with van der Waals surface area (Å²) < 4.78 is 18.0. The number of hydrogen-bond acceptors (Lipinski definition) is 4. The van der Waals surface area contributed by atoms with Gasteiger partial charge in [0.2, 0.25) is 0 Å². The van der Waals surface area contributed by atoms with Crippen LogP contribution in [0.15, 0.2) is 36.4 Å². The van der Waals surface area contributed by atoms with Crippen molar-refractivity contribution in [3.63, 3.8) is 0 Å². The van der Waals surface area contributed by atoms with Crippen molar-refractivity contribution in [2.45, 2.75) is 27.7 Å². The van der Waals surface area contributed by atoms with Crippen LogP contribution in [-0.2, 0) is 51.8 Å². The Kier molecular flexibility index (Phi) is 78.9. The molecule has 0 unspecified atom stereocenters. The topological polar surface area (TPSA) is 60.2 Å². The van der Waals surface area contributed by atoms with E-state index in [1.807, 2.05) is 64.1 Å². The Morgan fingerprint density at radius 2 is 0.765 bits per heavy atom. The standard InChI is InChI=1S/C6H6.2C2H6.CH5N.CH3O2S.Y/c1-2-4-6-5-3-1;3*1-2;1-4(2)3;/h1-6H;2*1-2H3;2H2,1H3;1H3;/q;;;;-1;. The Labute approximate surface area is 134 Å². The molecular weight excluding hydrogens is 311 g/mol. The van der Waals surface area contributed by atoms with Gasteiger partial charge in [0.1, 0.15) is 0 Å². The van der Waals surface area contributed by atoms with Crippen LogP contribution < -0.4 is 5.73 Å². The Hall–Kier alpha value is 0.234. The molecule has 17 heavy (non-hydrogen) atoms. The summed E-state index contributed by atoms with van der Waals surface area (Å²) in [4.78, 5) is 0. The molecular formula is C12H26NO2SY-. The monoisotopic (exact) mass is 337 g/mol. The van der Waals surface area contributed by atoms with Crippen LogP contribution in [0.25, 0.3) is 0 Å². The average Bonchev–Trinajstić information content (AvgIpc) is 2.38. The maximum Gasteiger partial charge on any atom is 0 e. The van der Waals surface area contributed by atoms with Crippen LogP contribution in [-0.4, -0.2) is 13.3 Å². The van der Waals surface area contributed by atoms with Crippen LogP contribution in [0.2, 0.25) is 0 Å². The quantitative estimate of drug-likeness (QED) is 0.740. The first kappa shape index (κ1) is 30.3. The fourth-order valence-corrected chi connectivity index (χ4v) is 0.385. The third-order valence-electron chi connectivity index (χ3n) is 0.667. The molecule has 0 heterocycles.